The van der Waals surface area contributed by atoms with E-state index in [1.54, 1.807) is 38.5 Å². The number of carbonyl (C=O) groups is 1. The largest absolute Gasteiger partial charge is 0.485 e. The molecule has 0 radical (unpaired) electrons. The van der Waals surface area contributed by atoms with Crippen LogP contribution in [0.2, 0.25) is 0 Å². The van der Waals surface area contributed by atoms with Crippen molar-refractivity contribution in [2.45, 2.75) is 13.0 Å². The van der Waals surface area contributed by atoms with Gasteiger partial charge < -0.3 is 15.4 Å². The molecule has 5 rings (SSSR count). The summed E-state index contributed by atoms with van der Waals surface area (Å²) in [4.78, 5) is 23.2. The van der Waals surface area contributed by atoms with E-state index in [1.807, 2.05) is 6.07 Å². The summed E-state index contributed by atoms with van der Waals surface area (Å²) in [6.07, 6.45) is 3.38. The summed E-state index contributed by atoms with van der Waals surface area (Å²) in [5.74, 6) is -0.00691. The Labute approximate surface area is 200 Å². The third-order valence-electron chi connectivity index (χ3n) is 5.78. The molecule has 0 atom stereocenters. The van der Waals surface area contributed by atoms with Crippen molar-refractivity contribution in [1.29, 1.82) is 5.26 Å². The number of fused-ring (bicyclic) bond motifs is 7. The van der Waals surface area contributed by atoms with Gasteiger partial charge in [0.2, 0.25) is 0 Å². The molecule has 174 valence electrons. The number of hydrogen-bond donors (Lipinski definition) is 1. The molecule has 0 saturated carbocycles. The van der Waals surface area contributed by atoms with E-state index in [0.29, 0.717) is 33.6 Å². The molecular formula is C25H20FN7O2. The minimum absolute atomic E-state index is 0.0226. The molecule has 1 aliphatic heterocycles. The van der Waals surface area contributed by atoms with Crippen molar-refractivity contribution in [1.82, 2.24) is 24.6 Å². The number of benzene rings is 1. The van der Waals surface area contributed by atoms with E-state index < -0.39 is 11.8 Å². The number of nitrogens with zero attached hydrogens (tertiary/aromatic N) is 6. The first-order chi connectivity index (χ1) is 16.9. The highest BCUT2D eigenvalue weighted by Crippen LogP contribution is 2.36. The van der Waals surface area contributed by atoms with Crippen LogP contribution in [-0.4, -0.2) is 44.8 Å². The lowest BCUT2D eigenvalue weighted by atomic mass is 9.95. The zero-order chi connectivity index (χ0) is 24.7. The number of nitriles is 1. The highest BCUT2D eigenvalue weighted by molar-refractivity contribution is 5.83. The predicted molar refractivity (Wildman–Crippen MR) is 126 cm³/mol. The number of nitrogen functional groups attached to an aromatic ring is 1. The predicted octanol–water partition coefficient (Wildman–Crippen LogP) is 3.61. The molecule has 0 spiro atoms. The maximum absolute atomic E-state index is 14.2. The second-order valence-corrected chi connectivity index (χ2v) is 8.26. The van der Waals surface area contributed by atoms with Gasteiger partial charge in [0.05, 0.1) is 11.4 Å². The Kier molecular flexibility index (Phi) is 5.37. The van der Waals surface area contributed by atoms with E-state index in [2.05, 4.69) is 21.1 Å². The minimum atomic E-state index is -0.414. The van der Waals surface area contributed by atoms with Gasteiger partial charge in [-0.2, -0.15) is 15.0 Å². The highest BCUT2D eigenvalue weighted by Gasteiger charge is 2.27. The Morgan fingerprint density at radius 3 is 2.83 bits per heavy atom. The Balaban J connectivity index is 1.85. The number of pyridine rings is 2. The van der Waals surface area contributed by atoms with Crippen LogP contribution in [0.1, 0.15) is 22.5 Å². The SMILES string of the molecule is CN(C)C(=O)n1nc(C#N)c2c1Cc1cccnc1-c1ccc(F)cc1COc1cc-2cnc1N. The molecule has 0 saturated heterocycles. The van der Waals surface area contributed by atoms with E-state index in [-0.39, 0.29) is 30.3 Å². The lowest BCUT2D eigenvalue weighted by Gasteiger charge is -2.18. The van der Waals surface area contributed by atoms with Gasteiger partial charge in [-0.15, -0.1) is 0 Å². The maximum Gasteiger partial charge on any atom is 0.344 e. The smallest absolute Gasteiger partial charge is 0.344 e. The van der Waals surface area contributed by atoms with Crippen LogP contribution < -0.4 is 10.5 Å². The zero-order valence-corrected chi connectivity index (χ0v) is 19.0. The fourth-order valence-electron chi connectivity index (χ4n) is 4.13. The summed E-state index contributed by atoms with van der Waals surface area (Å²) in [6, 6.07) is 11.4. The number of carbonyl (C=O) groups excluding carboxylic acids is 1. The van der Waals surface area contributed by atoms with Gasteiger partial charge in [0.1, 0.15) is 18.5 Å². The lowest BCUT2D eigenvalue weighted by molar-refractivity contribution is 0.215. The van der Waals surface area contributed by atoms with Gasteiger partial charge in [-0.1, -0.05) is 6.07 Å². The van der Waals surface area contributed by atoms with Crippen LogP contribution in [0.5, 0.6) is 5.75 Å². The lowest BCUT2D eigenvalue weighted by Crippen LogP contribution is -2.29. The second-order valence-electron chi connectivity index (χ2n) is 8.26. The number of aromatic nitrogens is 4. The van der Waals surface area contributed by atoms with Crippen LogP contribution >= 0.6 is 0 Å². The third kappa shape index (κ3) is 3.83. The normalized spacial score (nSPS) is 12.1. The summed E-state index contributed by atoms with van der Waals surface area (Å²) >= 11 is 0. The Bertz CT molecular complexity index is 1520. The van der Waals surface area contributed by atoms with Crippen LogP contribution in [0.25, 0.3) is 22.4 Å². The molecule has 10 heteroatoms. The van der Waals surface area contributed by atoms with Crippen LogP contribution in [0, 0.1) is 17.1 Å². The number of amides is 1. The summed E-state index contributed by atoms with van der Waals surface area (Å²) in [5, 5.41) is 14.2. The van der Waals surface area contributed by atoms with E-state index >= 15 is 0 Å². The monoisotopic (exact) mass is 469 g/mol. The molecule has 4 aromatic rings. The number of hydrogen-bond acceptors (Lipinski definition) is 7. The Morgan fingerprint density at radius 1 is 1.23 bits per heavy atom. The molecule has 9 nitrogen and oxygen atoms in total. The van der Waals surface area contributed by atoms with Crippen LogP contribution in [0.3, 0.4) is 0 Å². The highest BCUT2D eigenvalue weighted by atomic mass is 19.1. The molecule has 0 aliphatic carbocycles. The quantitative estimate of drug-likeness (QED) is 0.417. The topological polar surface area (TPSA) is 123 Å². The van der Waals surface area contributed by atoms with E-state index in [0.717, 1.165) is 5.56 Å². The third-order valence-corrected chi connectivity index (χ3v) is 5.78. The van der Waals surface area contributed by atoms with Crippen molar-refractivity contribution in [2.24, 2.45) is 0 Å². The fraction of sp³-hybridized carbons (Fsp3) is 0.160. The van der Waals surface area contributed by atoms with Crippen molar-refractivity contribution < 1.29 is 13.9 Å². The first-order valence-corrected chi connectivity index (χ1v) is 10.7. The molecule has 35 heavy (non-hydrogen) atoms. The average molecular weight is 469 g/mol. The fourth-order valence-corrected chi connectivity index (χ4v) is 4.13. The van der Waals surface area contributed by atoms with Gasteiger partial charge in [-0.3, -0.25) is 4.98 Å². The van der Waals surface area contributed by atoms with Crippen molar-refractivity contribution in [2.75, 3.05) is 19.8 Å². The van der Waals surface area contributed by atoms with Gasteiger partial charge in [0, 0.05) is 55.2 Å². The molecule has 2 bridgehead atoms. The number of anilines is 1. The first-order valence-electron chi connectivity index (χ1n) is 10.7. The van der Waals surface area contributed by atoms with Gasteiger partial charge in [0.15, 0.2) is 17.3 Å². The number of halogens is 1. The van der Waals surface area contributed by atoms with Gasteiger partial charge in [-0.05, 0) is 35.9 Å². The molecule has 3 aromatic heterocycles. The number of rotatable bonds is 0. The van der Waals surface area contributed by atoms with Gasteiger partial charge in [0.25, 0.3) is 0 Å². The summed E-state index contributed by atoms with van der Waals surface area (Å²) in [7, 11) is 3.21. The molecular weight excluding hydrogens is 449 g/mol. The van der Waals surface area contributed by atoms with Crippen LogP contribution in [0.4, 0.5) is 15.0 Å². The summed E-state index contributed by atoms with van der Waals surface area (Å²) < 4.78 is 21.4. The molecule has 4 heterocycles. The summed E-state index contributed by atoms with van der Waals surface area (Å²) in [6.45, 7) is 0.0226. The maximum atomic E-state index is 14.2. The zero-order valence-electron chi connectivity index (χ0n) is 19.0. The van der Waals surface area contributed by atoms with E-state index in [4.69, 9.17) is 10.5 Å². The standard InChI is InChI=1S/C25H20FN7O2/c1-32(2)25(34)33-20-9-14-4-3-7-29-23(14)18-6-5-17(26)8-16(18)13-35-21-10-15(12-30-24(21)28)22(20)19(11-27)31-33/h3-8,10,12H,9,13H2,1-2H3,(H2,28,30). The Hall–Kier alpha value is -4.78. The van der Waals surface area contributed by atoms with Crippen molar-refractivity contribution >= 4 is 11.8 Å². The minimum Gasteiger partial charge on any atom is -0.485 e. The van der Waals surface area contributed by atoms with E-state index in [9.17, 15) is 14.4 Å². The number of nitrogens with two attached hydrogens (primary N) is 1. The summed E-state index contributed by atoms with van der Waals surface area (Å²) in [5.41, 5.74) is 10.2. The van der Waals surface area contributed by atoms with Crippen LogP contribution in [0.15, 0.2) is 48.8 Å². The first kappa shape index (κ1) is 22.0. The molecule has 1 aromatic carbocycles. The number of ether oxygens (including phenoxy) is 1. The Morgan fingerprint density at radius 2 is 2.06 bits per heavy atom. The molecule has 2 N–H and O–H groups in total. The van der Waals surface area contributed by atoms with Gasteiger partial charge in [-0.25, -0.2) is 14.2 Å². The average Bonchev–Trinajstić information content (AvgIpc) is 3.21. The molecule has 1 amide bonds. The van der Waals surface area contributed by atoms with Crippen molar-refractivity contribution in [3.63, 3.8) is 0 Å². The van der Waals surface area contributed by atoms with Crippen LogP contribution in [-0.2, 0) is 13.0 Å². The van der Waals surface area contributed by atoms with Gasteiger partial charge >= 0.3 is 6.03 Å². The van der Waals surface area contributed by atoms with Crippen molar-refractivity contribution in [3.05, 3.63) is 77.1 Å². The van der Waals surface area contributed by atoms with Crippen molar-refractivity contribution in [3.8, 4) is 34.2 Å². The molecule has 1 aliphatic rings. The van der Waals surface area contributed by atoms with E-state index in [1.165, 1.54) is 27.9 Å². The molecule has 0 unspecified atom stereocenters. The molecule has 0 fully saturated rings. The second kappa shape index (κ2) is 8.53.